The Kier molecular flexibility index (Phi) is 14.7. The van der Waals surface area contributed by atoms with E-state index in [0.717, 1.165) is 56.5 Å². The molecule has 4 amide bonds. The first-order valence-corrected chi connectivity index (χ1v) is 21.7. The smallest absolute Gasteiger partial charge is 0.267 e. The lowest BCUT2D eigenvalue weighted by atomic mass is 9.83. The predicted octanol–water partition coefficient (Wildman–Crippen LogP) is 5.69. The summed E-state index contributed by atoms with van der Waals surface area (Å²) < 4.78 is 0. The molecular formula is C46H59N7O5S. The van der Waals surface area contributed by atoms with Crippen LogP contribution in [0.15, 0.2) is 78.9 Å². The van der Waals surface area contributed by atoms with Gasteiger partial charge in [0.1, 0.15) is 12.1 Å². The van der Waals surface area contributed by atoms with Crippen molar-refractivity contribution in [2.45, 2.75) is 102 Å². The monoisotopic (exact) mass is 821 g/mol. The highest BCUT2D eigenvalue weighted by Gasteiger charge is 2.54. The van der Waals surface area contributed by atoms with Gasteiger partial charge in [-0.15, -0.1) is 11.8 Å². The quantitative estimate of drug-likeness (QED) is 0.0415. The molecule has 0 saturated carbocycles. The number of nitrogens with zero attached hydrogens (tertiary/aromatic N) is 1. The van der Waals surface area contributed by atoms with Gasteiger partial charge in [-0.1, -0.05) is 80.6 Å². The van der Waals surface area contributed by atoms with Gasteiger partial charge in [-0.25, -0.2) is 5.48 Å². The molecule has 0 spiro atoms. The van der Waals surface area contributed by atoms with Crippen molar-refractivity contribution in [2.75, 3.05) is 19.3 Å². The van der Waals surface area contributed by atoms with Crippen molar-refractivity contribution in [1.29, 1.82) is 0 Å². The van der Waals surface area contributed by atoms with Gasteiger partial charge in [0.25, 0.3) is 5.91 Å². The lowest BCUT2D eigenvalue weighted by molar-refractivity contribution is -0.144. The number of H-pyrrole nitrogens is 1. The number of thioether (sulfide) groups is 1. The molecule has 3 heterocycles. The Morgan fingerprint density at radius 2 is 1.75 bits per heavy atom. The molecular weight excluding hydrogens is 763 g/mol. The Labute approximate surface area is 351 Å². The van der Waals surface area contributed by atoms with Crippen LogP contribution in [0.25, 0.3) is 17.0 Å². The predicted molar refractivity (Wildman–Crippen MR) is 234 cm³/mol. The first kappa shape index (κ1) is 43.6. The lowest BCUT2D eigenvalue weighted by Gasteiger charge is -2.36. The fraction of sp³-hybridized carbons (Fsp3) is 0.435. The number of carbonyl (C=O) groups excluding carboxylic acids is 4. The van der Waals surface area contributed by atoms with E-state index in [1.807, 2.05) is 36.4 Å². The summed E-state index contributed by atoms with van der Waals surface area (Å²) in [6.07, 6.45) is 8.23. The number of benzene rings is 3. The van der Waals surface area contributed by atoms with E-state index in [4.69, 9.17) is 5.21 Å². The summed E-state index contributed by atoms with van der Waals surface area (Å²) in [4.78, 5) is 56.1. The van der Waals surface area contributed by atoms with Gasteiger partial charge in [0, 0.05) is 29.2 Å². The standard InChI is InChI=1S/C25H36N4O3S.C21H23N3O2/c1-15(26-4)22(30)28-19-12-13-33-20-14-25(2,3)21(29(20)24(19)32)23(31)27-18-11-7-9-16-8-5-6-10-17(16)18;1-15-18(19-4-2-3-5-20(19)23-15)12-13-22-14-17-8-6-16(7-9-17)10-11-21(25)24-26/h5-6,8,10,15,18-21,26H,7,9,11-14H2,1-4H3,(H,27,31)(H,28,30);2-11,22-23,26H,12-14H2,1H3,(H,24,25)/b;11-10+/t15-,18+,19-,20?,21?;/m0./s1. The van der Waals surface area contributed by atoms with Crippen molar-refractivity contribution >= 4 is 52.4 Å². The average Bonchev–Trinajstić information content (AvgIpc) is 3.66. The van der Waals surface area contributed by atoms with E-state index in [1.165, 1.54) is 44.9 Å². The highest BCUT2D eigenvalue weighted by atomic mass is 32.2. The number of amides is 4. The SMILES string of the molecule is CN[C@@H](C)C(=O)N[C@H]1CCSC2CC(C)(C)C(C(=O)N[C@@H]3CCCc4ccccc43)N2C1=O.Cc1[nH]c2ccccc2c1CCNCc1ccc(/C=C/C(=O)NO)cc1. The van der Waals surface area contributed by atoms with E-state index in [9.17, 15) is 19.2 Å². The number of likely N-dealkylation sites (N-methyl/N-ethyl adjacent to an activating group) is 1. The van der Waals surface area contributed by atoms with Gasteiger partial charge in [-0.2, -0.15) is 0 Å². The molecule has 2 unspecified atom stereocenters. The molecule has 7 rings (SSSR count). The molecule has 13 heteroatoms. The second-order valence-corrected chi connectivity index (χ2v) is 17.7. The number of rotatable bonds is 12. The zero-order valence-electron chi connectivity index (χ0n) is 34.8. The highest BCUT2D eigenvalue weighted by Crippen LogP contribution is 2.46. The number of carbonyl (C=O) groups is 4. The van der Waals surface area contributed by atoms with Crippen LogP contribution in [0.3, 0.4) is 0 Å². The summed E-state index contributed by atoms with van der Waals surface area (Å²) in [6, 6.07) is 23.1. The van der Waals surface area contributed by atoms with Crippen molar-refractivity contribution in [2.24, 2.45) is 5.41 Å². The molecule has 3 aliphatic rings. The van der Waals surface area contributed by atoms with Gasteiger partial charge in [0.2, 0.25) is 17.7 Å². The van der Waals surface area contributed by atoms with Gasteiger partial charge >= 0.3 is 0 Å². The van der Waals surface area contributed by atoms with Crippen LogP contribution < -0.4 is 26.7 Å². The van der Waals surface area contributed by atoms with Gasteiger partial charge in [-0.3, -0.25) is 24.4 Å². The number of hydrogen-bond donors (Lipinski definition) is 7. The topological polar surface area (TPSA) is 168 Å². The normalized spacial score (nSPS) is 21.5. The molecule has 12 nitrogen and oxygen atoms in total. The number of fused-ring (bicyclic) bond motifs is 3. The Hall–Kier alpha value is -4.95. The molecule has 7 N–H and O–H groups in total. The maximum atomic E-state index is 13.7. The van der Waals surface area contributed by atoms with E-state index in [1.54, 1.807) is 42.2 Å². The first-order valence-electron chi connectivity index (χ1n) is 20.7. The van der Waals surface area contributed by atoms with Crippen LogP contribution in [0.1, 0.15) is 86.0 Å². The van der Waals surface area contributed by atoms with Gasteiger partial charge < -0.3 is 31.2 Å². The highest BCUT2D eigenvalue weighted by molar-refractivity contribution is 7.99. The molecule has 5 atom stereocenters. The number of aromatic amines is 1. The zero-order chi connectivity index (χ0) is 42.1. The van der Waals surface area contributed by atoms with Crippen LogP contribution in [0.5, 0.6) is 0 Å². The number of aromatic nitrogens is 1. The number of hydrogen-bond acceptors (Lipinski definition) is 8. The van der Waals surface area contributed by atoms with E-state index >= 15 is 0 Å². The van der Waals surface area contributed by atoms with Gasteiger partial charge in [0.05, 0.1) is 17.5 Å². The molecule has 59 heavy (non-hydrogen) atoms. The zero-order valence-corrected chi connectivity index (χ0v) is 35.6. The molecule has 2 saturated heterocycles. The maximum absolute atomic E-state index is 13.7. The van der Waals surface area contributed by atoms with Crippen molar-refractivity contribution in [3.63, 3.8) is 0 Å². The van der Waals surface area contributed by atoms with Crippen molar-refractivity contribution < 1.29 is 24.4 Å². The minimum absolute atomic E-state index is 0.0287. The molecule has 1 aliphatic carbocycles. The van der Waals surface area contributed by atoms with Gasteiger partial charge in [-0.05, 0) is 117 Å². The fourth-order valence-corrected chi connectivity index (χ4v) is 10.1. The first-order chi connectivity index (χ1) is 28.4. The van der Waals surface area contributed by atoms with Crippen LogP contribution >= 0.6 is 11.8 Å². The molecule has 2 aliphatic heterocycles. The molecule has 314 valence electrons. The number of nitrogens with one attached hydrogen (secondary N) is 6. The van der Waals surface area contributed by atoms with Crippen molar-refractivity contribution in [1.82, 2.24) is 36.6 Å². The molecule has 1 aromatic heterocycles. The van der Waals surface area contributed by atoms with Crippen LogP contribution in [0.4, 0.5) is 0 Å². The Balaban J connectivity index is 0.000000204. The maximum Gasteiger partial charge on any atom is 0.267 e. The van der Waals surface area contributed by atoms with E-state index in [0.29, 0.717) is 6.42 Å². The summed E-state index contributed by atoms with van der Waals surface area (Å²) in [5.41, 5.74) is 9.59. The largest absolute Gasteiger partial charge is 0.358 e. The fourth-order valence-electron chi connectivity index (χ4n) is 8.49. The third-order valence-corrected chi connectivity index (χ3v) is 13.1. The lowest BCUT2D eigenvalue weighted by Crippen LogP contribution is -2.58. The number of hydroxylamine groups is 1. The van der Waals surface area contributed by atoms with Crippen molar-refractivity contribution in [3.05, 3.63) is 112 Å². The summed E-state index contributed by atoms with van der Waals surface area (Å²) in [6.45, 7) is 9.74. The number of para-hydroxylation sites is 1. The van der Waals surface area contributed by atoms with Crippen LogP contribution in [0.2, 0.25) is 0 Å². The summed E-state index contributed by atoms with van der Waals surface area (Å²) in [5, 5.41) is 22.3. The Morgan fingerprint density at radius 3 is 2.51 bits per heavy atom. The summed E-state index contributed by atoms with van der Waals surface area (Å²) in [5.74, 6) is -0.197. The Morgan fingerprint density at radius 1 is 1.00 bits per heavy atom. The van der Waals surface area contributed by atoms with Crippen molar-refractivity contribution in [3.8, 4) is 0 Å². The minimum atomic E-state index is -0.606. The second kappa shape index (κ2) is 19.9. The molecule has 4 aromatic rings. The Bertz CT molecular complexity index is 2130. The van der Waals surface area contributed by atoms with E-state index < -0.39 is 18.0 Å². The number of aryl methyl sites for hydroxylation is 2. The molecule has 3 aromatic carbocycles. The minimum Gasteiger partial charge on any atom is -0.358 e. The average molecular weight is 822 g/mol. The van der Waals surface area contributed by atoms with Crippen LogP contribution in [-0.2, 0) is 38.6 Å². The summed E-state index contributed by atoms with van der Waals surface area (Å²) >= 11 is 1.72. The molecule has 0 bridgehead atoms. The van der Waals surface area contributed by atoms with Crippen LogP contribution in [-0.4, -0.2) is 81.6 Å². The summed E-state index contributed by atoms with van der Waals surface area (Å²) in [7, 11) is 1.72. The molecule has 0 radical (unpaired) electrons. The third-order valence-electron chi connectivity index (χ3n) is 11.8. The van der Waals surface area contributed by atoms with E-state index in [2.05, 4.69) is 83.4 Å². The van der Waals surface area contributed by atoms with Gasteiger partial charge in [0.15, 0.2) is 0 Å². The third kappa shape index (κ3) is 10.6. The molecule has 2 fully saturated rings. The van der Waals surface area contributed by atoms with E-state index in [-0.39, 0.29) is 40.6 Å². The second-order valence-electron chi connectivity index (χ2n) is 16.4. The van der Waals surface area contributed by atoms with Crippen LogP contribution in [0, 0.1) is 12.3 Å².